The predicted octanol–water partition coefficient (Wildman–Crippen LogP) is 3.23. The van der Waals surface area contributed by atoms with E-state index in [4.69, 9.17) is 9.47 Å². The maximum absolute atomic E-state index is 12.5. The Kier molecular flexibility index (Phi) is 5.85. The van der Waals surface area contributed by atoms with Crippen LogP contribution in [0, 0.1) is 0 Å². The van der Waals surface area contributed by atoms with E-state index in [1.807, 2.05) is 21.6 Å². The van der Waals surface area contributed by atoms with Gasteiger partial charge in [0, 0.05) is 37.0 Å². The van der Waals surface area contributed by atoms with E-state index in [1.165, 1.54) is 13.0 Å². The zero-order valence-electron chi connectivity index (χ0n) is 18.3. The Morgan fingerprint density at radius 3 is 2.52 bits per heavy atom. The van der Waals surface area contributed by atoms with Crippen molar-refractivity contribution in [1.29, 1.82) is 0 Å². The fourth-order valence-corrected chi connectivity index (χ4v) is 4.50. The van der Waals surface area contributed by atoms with Gasteiger partial charge in [0.15, 0.2) is 29.3 Å². The van der Waals surface area contributed by atoms with Crippen molar-refractivity contribution in [3.8, 4) is 22.8 Å². The molecule has 1 fully saturated rings. The van der Waals surface area contributed by atoms with Gasteiger partial charge in [0.2, 0.25) is 0 Å². The third-order valence-corrected chi connectivity index (χ3v) is 6.25. The van der Waals surface area contributed by atoms with Crippen LogP contribution in [-0.2, 0) is 11.2 Å². The zero-order chi connectivity index (χ0) is 22.1. The monoisotopic (exact) mass is 424 g/mol. The lowest BCUT2D eigenvalue weighted by molar-refractivity contribution is -0.132. The van der Waals surface area contributed by atoms with Gasteiger partial charge >= 0.3 is 0 Å². The number of hydrogen-bond donors (Lipinski definition) is 0. The molecule has 4 rings (SSSR count). The molecule has 0 N–H and O–H groups in total. The minimum absolute atomic E-state index is 0.0163. The van der Waals surface area contributed by atoms with Gasteiger partial charge < -0.3 is 18.9 Å². The molecule has 1 amide bonds. The number of aromatic nitrogens is 1. The molecule has 164 valence electrons. The summed E-state index contributed by atoms with van der Waals surface area (Å²) >= 11 is 0. The first-order valence-electron chi connectivity index (χ1n) is 10.8. The molecule has 0 saturated carbocycles. The molecule has 1 aromatic carbocycles. The van der Waals surface area contributed by atoms with E-state index in [2.05, 4.69) is 6.92 Å². The molecule has 2 aromatic rings. The highest BCUT2D eigenvalue weighted by molar-refractivity contribution is 5.94. The molecule has 1 atom stereocenters. The largest absolute Gasteiger partial charge is 0.493 e. The SMILES string of the molecule is CCC1Cc2cc(OCC(=O)N3CCCC3)c(OC)cc2-c2cc(=O)c(C(C)=O)cn21. The van der Waals surface area contributed by atoms with Gasteiger partial charge in [-0.15, -0.1) is 0 Å². The molecule has 0 radical (unpaired) electrons. The van der Waals surface area contributed by atoms with Gasteiger partial charge in [-0.1, -0.05) is 6.92 Å². The quantitative estimate of drug-likeness (QED) is 0.666. The van der Waals surface area contributed by atoms with E-state index in [0.29, 0.717) is 11.5 Å². The number of nitrogens with zero attached hydrogens (tertiary/aromatic N) is 2. The summed E-state index contributed by atoms with van der Waals surface area (Å²) in [5.41, 5.74) is 2.61. The number of methoxy groups -OCH3 is 1. The van der Waals surface area contributed by atoms with Crippen LogP contribution in [0.25, 0.3) is 11.3 Å². The fourth-order valence-electron chi connectivity index (χ4n) is 4.50. The number of amides is 1. The van der Waals surface area contributed by atoms with Gasteiger partial charge in [0.25, 0.3) is 5.91 Å². The number of carbonyl (C=O) groups excluding carboxylic acids is 2. The molecule has 1 unspecified atom stereocenters. The molecule has 31 heavy (non-hydrogen) atoms. The minimum atomic E-state index is -0.281. The number of hydrogen-bond acceptors (Lipinski definition) is 5. The van der Waals surface area contributed by atoms with Crippen LogP contribution in [0.4, 0.5) is 0 Å². The van der Waals surface area contributed by atoms with Crippen LogP contribution in [0.3, 0.4) is 0 Å². The van der Waals surface area contributed by atoms with Gasteiger partial charge in [0.05, 0.1) is 18.4 Å². The van der Waals surface area contributed by atoms with Crippen molar-refractivity contribution in [3.05, 3.63) is 45.7 Å². The highest BCUT2D eigenvalue weighted by atomic mass is 16.5. The number of ketones is 1. The molecule has 1 aromatic heterocycles. The Balaban J connectivity index is 1.70. The number of rotatable bonds is 6. The molecular weight excluding hydrogens is 396 g/mol. The van der Waals surface area contributed by atoms with Crippen molar-refractivity contribution in [2.75, 3.05) is 26.8 Å². The summed E-state index contributed by atoms with van der Waals surface area (Å²) in [6, 6.07) is 5.43. The van der Waals surface area contributed by atoms with Crippen LogP contribution < -0.4 is 14.9 Å². The van der Waals surface area contributed by atoms with E-state index < -0.39 is 0 Å². The number of carbonyl (C=O) groups is 2. The van der Waals surface area contributed by atoms with Crippen LogP contribution in [0.5, 0.6) is 11.5 Å². The first-order chi connectivity index (χ1) is 14.9. The molecule has 0 bridgehead atoms. The standard InChI is InChI=1S/C24H28N2O5/c1-4-17-9-16-10-23(31-14-24(29)25-7-5-6-8-25)22(30-3)11-18(16)20-12-21(28)19(15(2)27)13-26(17)20/h10-13,17H,4-9,14H2,1-3H3. The smallest absolute Gasteiger partial charge is 0.260 e. The van der Waals surface area contributed by atoms with E-state index in [-0.39, 0.29) is 35.3 Å². The van der Waals surface area contributed by atoms with Crippen molar-refractivity contribution in [3.63, 3.8) is 0 Å². The predicted molar refractivity (Wildman–Crippen MR) is 117 cm³/mol. The topological polar surface area (TPSA) is 77.8 Å². The number of ether oxygens (including phenoxy) is 2. The van der Waals surface area contributed by atoms with Crippen LogP contribution in [0.1, 0.15) is 55.1 Å². The number of pyridine rings is 1. The van der Waals surface area contributed by atoms with Gasteiger partial charge in [-0.2, -0.15) is 0 Å². The van der Waals surface area contributed by atoms with Crippen LogP contribution in [0.15, 0.2) is 29.2 Å². The van der Waals surface area contributed by atoms with Gasteiger partial charge in [0.1, 0.15) is 0 Å². The maximum atomic E-state index is 12.5. The average Bonchev–Trinajstić information content (AvgIpc) is 3.30. The molecule has 2 aliphatic heterocycles. The highest BCUT2D eigenvalue weighted by Gasteiger charge is 2.27. The van der Waals surface area contributed by atoms with E-state index >= 15 is 0 Å². The van der Waals surface area contributed by atoms with Crippen molar-refractivity contribution < 1.29 is 19.1 Å². The Labute approximate surface area is 181 Å². The van der Waals surface area contributed by atoms with Crippen molar-refractivity contribution >= 4 is 11.7 Å². The first-order valence-corrected chi connectivity index (χ1v) is 10.8. The van der Waals surface area contributed by atoms with Crippen LogP contribution >= 0.6 is 0 Å². The highest BCUT2D eigenvalue weighted by Crippen LogP contribution is 2.41. The lowest BCUT2D eigenvalue weighted by Crippen LogP contribution is -2.32. The number of likely N-dealkylation sites (tertiary alicyclic amines) is 1. The molecule has 0 spiro atoms. The second kappa shape index (κ2) is 8.57. The summed E-state index contributed by atoms with van der Waals surface area (Å²) in [7, 11) is 1.56. The summed E-state index contributed by atoms with van der Waals surface area (Å²) in [6.07, 6.45) is 5.34. The first kappa shape index (κ1) is 21.2. The fraction of sp³-hybridized carbons (Fsp3) is 0.458. The normalized spacial score (nSPS) is 17.1. The molecular formula is C24H28N2O5. The summed E-state index contributed by atoms with van der Waals surface area (Å²) in [6.45, 7) is 5.05. The maximum Gasteiger partial charge on any atom is 0.260 e. The molecule has 3 heterocycles. The number of fused-ring (bicyclic) bond motifs is 3. The third kappa shape index (κ3) is 3.96. The second-order valence-corrected chi connectivity index (χ2v) is 8.20. The van der Waals surface area contributed by atoms with Gasteiger partial charge in [-0.25, -0.2) is 0 Å². The van der Waals surface area contributed by atoms with Gasteiger partial charge in [-0.3, -0.25) is 14.4 Å². The zero-order valence-corrected chi connectivity index (χ0v) is 18.3. The summed E-state index contributed by atoms with van der Waals surface area (Å²) in [4.78, 5) is 38.6. The van der Waals surface area contributed by atoms with Crippen molar-refractivity contribution in [2.45, 2.75) is 45.6 Å². The second-order valence-electron chi connectivity index (χ2n) is 8.20. The van der Waals surface area contributed by atoms with Gasteiger partial charge in [-0.05, 0) is 50.3 Å². The Hall–Kier alpha value is -3.09. The number of Topliss-reactive ketones (excluding diaryl/α,β-unsaturated/α-hetero) is 1. The molecule has 7 nitrogen and oxygen atoms in total. The Morgan fingerprint density at radius 2 is 1.87 bits per heavy atom. The van der Waals surface area contributed by atoms with E-state index in [0.717, 1.165) is 55.6 Å². The Morgan fingerprint density at radius 1 is 1.13 bits per heavy atom. The summed E-state index contributed by atoms with van der Waals surface area (Å²) in [5, 5.41) is 0. The average molecular weight is 424 g/mol. The van der Waals surface area contributed by atoms with E-state index in [1.54, 1.807) is 13.3 Å². The molecule has 7 heteroatoms. The van der Waals surface area contributed by atoms with Crippen LogP contribution in [0.2, 0.25) is 0 Å². The molecule has 0 aliphatic carbocycles. The summed E-state index contributed by atoms with van der Waals surface area (Å²) < 4.78 is 13.4. The van der Waals surface area contributed by atoms with E-state index in [9.17, 15) is 14.4 Å². The Bertz CT molecular complexity index is 1080. The summed E-state index contributed by atoms with van der Waals surface area (Å²) in [5.74, 6) is 0.791. The van der Waals surface area contributed by atoms with Crippen molar-refractivity contribution in [1.82, 2.24) is 9.47 Å². The molecule has 1 saturated heterocycles. The molecule has 2 aliphatic rings. The minimum Gasteiger partial charge on any atom is -0.493 e. The lowest BCUT2D eigenvalue weighted by atomic mass is 9.90. The third-order valence-electron chi connectivity index (χ3n) is 6.25. The lowest BCUT2D eigenvalue weighted by Gasteiger charge is -2.31. The van der Waals surface area contributed by atoms with Crippen molar-refractivity contribution in [2.24, 2.45) is 0 Å². The number of benzene rings is 1. The van der Waals surface area contributed by atoms with Crippen LogP contribution in [-0.4, -0.2) is 48.0 Å².